The Kier molecular flexibility index (Phi) is 4.91. The highest BCUT2D eigenvalue weighted by Gasteiger charge is 2.33. The molecule has 0 saturated heterocycles. The van der Waals surface area contributed by atoms with Gasteiger partial charge in [-0.1, -0.05) is 22.9 Å². The molecule has 1 unspecified atom stereocenters. The van der Waals surface area contributed by atoms with E-state index < -0.39 is 24.0 Å². The number of amides is 1. The maximum absolute atomic E-state index is 11.8. The molecule has 0 radical (unpaired) electrons. The highest BCUT2D eigenvalue weighted by Crippen LogP contribution is 2.20. The Morgan fingerprint density at radius 1 is 1.43 bits per heavy atom. The van der Waals surface area contributed by atoms with Crippen molar-refractivity contribution in [2.24, 2.45) is 0 Å². The Bertz CT molecular complexity index is 201. The van der Waals surface area contributed by atoms with E-state index in [0.717, 1.165) is 0 Å². The van der Waals surface area contributed by atoms with Crippen molar-refractivity contribution in [2.45, 2.75) is 38.4 Å². The predicted octanol–water partition coefficient (Wildman–Crippen LogP) is 2.62. The molecular formula is C8H13BrF3NO. The van der Waals surface area contributed by atoms with Crippen LogP contribution in [0.15, 0.2) is 0 Å². The summed E-state index contributed by atoms with van der Waals surface area (Å²) in [6, 6.07) is 0. The lowest BCUT2D eigenvalue weighted by molar-refractivity contribution is -0.154. The summed E-state index contributed by atoms with van der Waals surface area (Å²) in [5.74, 6) is -0.985. The second-order valence-electron chi connectivity index (χ2n) is 3.39. The Morgan fingerprint density at radius 3 is 2.21 bits per heavy atom. The lowest BCUT2D eigenvalue weighted by Gasteiger charge is -2.27. The third kappa shape index (κ3) is 5.47. The van der Waals surface area contributed by atoms with E-state index in [4.69, 9.17) is 0 Å². The van der Waals surface area contributed by atoms with Crippen LogP contribution in [0.25, 0.3) is 0 Å². The number of nitrogens with one attached hydrogen (secondary N) is 1. The number of carbonyl (C=O) groups excluding carboxylic acids is 1. The number of alkyl halides is 4. The van der Waals surface area contributed by atoms with E-state index in [0.29, 0.717) is 11.8 Å². The monoisotopic (exact) mass is 275 g/mol. The Labute approximate surface area is 89.4 Å². The molecule has 0 fully saturated rings. The molecule has 1 atom stereocenters. The fourth-order valence-electron chi connectivity index (χ4n) is 0.779. The van der Waals surface area contributed by atoms with Gasteiger partial charge in [-0.2, -0.15) is 13.2 Å². The van der Waals surface area contributed by atoms with E-state index in [9.17, 15) is 18.0 Å². The molecule has 0 aliphatic heterocycles. The zero-order valence-corrected chi connectivity index (χ0v) is 9.63. The molecule has 0 spiro atoms. The van der Waals surface area contributed by atoms with Crippen molar-refractivity contribution in [1.29, 1.82) is 0 Å². The molecule has 0 bridgehead atoms. The quantitative estimate of drug-likeness (QED) is 0.786. The zero-order valence-electron chi connectivity index (χ0n) is 8.04. The van der Waals surface area contributed by atoms with Gasteiger partial charge in [0.1, 0.15) is 6.42 Å². The van der Waals surface area contributed by atoms with Crippen molar-refractivity contribution in [3.05, 3.63) is 0 Å². The first-order valence-corrected chi connectivity index (χ1v) is 5.28. The molecule has 2 nitrogen and oxygen atoms in total. The molecule has 0 rings (SSSR count). The van der Waals surface area contributed by atoms with Gasteiger partial charge < -0.3 is 5.32 Å². The molecule has 0 aliphatic rings. The molecule has 0 aliphatic carbocycles. The van der Waals surface area contributed by atoms with Crippen LogP contribution in [0.1, 0.15) is 26.7 Å². The van der Waals surface area contributed by atoms with Gasteiger partial charge in [-0.3, -0.25) is 4.79 Å². The van der Waals surface area contributed by atoms with Crippen LogP contribution in [0.3, 0.4) is 0 Å². The smallest absolute Gasteiger partial charge is 0.350 e. The third-order valence-electron chi connectivity index (χ3n) is 1.88. The molecule has 84 valence electrons. The van der Waals surface area contributed by atoms with Crippen LogP contribution < -0.4 is 5.32 Å². The topological polar surface area (TPSA) is 29.1 Å². The first-order valence-electron chi connectivity index (χ1n) is 4.16. The molecule has 6 heteroatoms. The summed E-state index contributed by atoms with van der Waals surface area (Å²) in [4.78, 5) is 10.9. The zero-order chi connectivity index (χ0) is 11.4. The largest absolute Gasteiger partial charge is 0.397 e. The fraction of sp³-hybridized carbons (Fsp3) is 0.875. The molecule has 1 N–H and O–H groups in total. The van der Waals surface area contributed by atoms with Crippen LogP contribution in [0.5, 0.6) is 0 Å². The van der Waals surface area contributed by atoms with Gasteiger partial charge in [0.25, 0.3) is 0 Å². The minimum absolute atomic E-state index is 0.431. The molecule has 1 amide bonds. The van der Waals surface area contributed by atoms with Crippen LogP contribution in [0, 0.1) is 0 Å². The second-order valence-corrected chi connectivity index (χ2v) is 3.95. The van der Waals surface area contributed by atoms with Crippen molar-refractivity contribution in [3.63, 3.8) is 0 Å². The van der Waals surface area contributed by atoms with E-state index in [1.165, 1.54) is 0 Å². The maximum Gasteiger partial charge on any atom is 0.397 e. The van der Waals surface area contributed by atoms with Gasteiger partial charge in [-0.15, -0.1) is 0 Å². The average molecular weight is 276 g/mol. The summed E-state index contributed by atoms with van der Waals surface area (Å²) >= 11 is 3.14. The lowest BCUT2D eigenvalue weighted by Crippen LogP contribution is -2.48. The van der Waals surface area contributed by atoms with E-state index in [2.05, 4.69) is 21.2 Å². The van der Waals surface area contributed by atoms with E-state index in [1.807, 2.05) is 0 Å². The molecule has 0 heterocycles. The summed E-state index contributed by atoms with van der Waals surface area (Å²) in [6.45, 7) is 3.49. The van der Waals surface area contributed by atoms with Crippen molar-refractivity contribution in [1.82, 2.24) is 5.32 Å². The van der Waals surface area contributed by atoms with Crippen molar-refractivity contribution in [2.75, 3.05) is 5.33 Å². The van der Waals surface area contributed by atoms with Crippen molar-refractivity contribution in [3.8, 4) is 0 Å². The Balaban J connectivity index is 4.18. The van der Waals surface area contributed by atoms with Gasteiger partial charge in [0, 0.05) is 10.9 Å². The SMILES string of the molecule is CCC(C)(CBr)NC(=O)CC(F)(F)F. The second kappa shape index (κ2) is 5.00. The molecule has 0 aromatic heterocycles. The van der Waals surface area contributed by atoms with Crippen molar-refractivity contribution >= 4 is 21.8 Å². The van der Waals surface area contributed by atoms with Crippen molar-refractivity contribution < 1.29 is 18.0 Å². The van der Waals surface area contributed by atoms with E-state index >= 15 is 0 Å². The van der Waals surface area contributed by atoms with E-state index in [1.54, 1.807) is 13.8 Å². The van der Waals surface area contributed by atoms with Gasteiger partial charge in [0.2, 0.25) is 5.91 Å². The average Bonchev–Trinajstić information content (AvgIpc) is 2.00. The Morgan fingerprint density at radius 2 is 1.93 bits per heavy atom. The minimum Gasteiger partial charge on any atom is -0.350 e. The summed E-state index contributed by atoms with van der Waals surface area (Å²) in [5.41, 5.74) is -0.609. The number of hydrogen-bond acceptors (Lipinski definition) is 1. The van der Waals surface area contributed by atoms with Gasteiger partial charge in [-0.05, 0) is 13.3 Å². The van der Waals surface area contributed by atoms with Gasteiger partial charge in [-0.25, -0.2) is 0 Å². The van der Waals surface area contributed by atoms with E-state index in [-0.39, 0.29) is 0 Å². The van der Waals surface area contributed by atoms with Crippen LogP contribution in [-0.2, 0) is 4.79 Å². The normalized spacial score (nSPS) is 16.1. The number of halogens is 4. The highest BCUT2D eigenvalue weighted by molar-refractivity contribution is 9.09. The highest BCUT2D eigenvalue weighted by atomic mass is 79.9. The standard InChI is InChI=1S/C8H13BrF3NO/c1-3-7(2,5-9)13-6(14)4-8(10,11)12/h3-5H2,1-2H3,(H,13,14). The Hall–Kier alpha value is -0.260. The molecular weight excluding hydrogens is 263 g/mol. The van der Waals surface area contributed by atoms with Gasteiger partial charge >= 0.3 is 6.18 Å². The van der Waals surface area contributed by atoms with Crippen LogP contribution in [0.2, 0.25) is 0 Å². The summed E-state index contributed by atoms with van der Waals surface area (Å²) in [6.07, 6.45) is -5.29. The number of rotatable bonds is 4. The summed E-state index contributed by atoms with van der Waals surface area (Å²) in [5, 5.41) is 2.77. The first kappa shape index (κ1) is 13.7. The summed E-state index contributed by atoms with van der Waals surface area (Å²) in [7, 11) is 0. The van der Waals surface area contributed by atoms with Gasteiger partial charge in [0.15, 0.2) is 0 Å². The molecule has 0 aromatic carbocycles. The third-order valence-corrected chi connectivity index (χ3v) is 3.12. The number of carbonyl (C=O) groups is 1. The first-order chi connectivity index (χ1) is 6.22. The van der Waals surface area contributed by atoms with Gasteiger partial charge in [0.05, 0.1) is 0 Å². The number of hydrogen-bond donors (Lipinski definition) is 1. The fourth-order valence-corrected chi connectivity index (χ4v) is 1.32. The van der Waals surface area contributed by atoms with Crippen LogP contribution >= 0.6 is 15.9 Å². The minimum atomic E-state index is -4.44. The molecule has 14 heavy (non-hydrogen) atoms. The molecule has 0 aromatic rings. The van der Waals surface area contributed by atoms with Crippen LogP contribution in [-0.4, -0.2) is 23.0 Å². The summed E-state index contributed by atoms with van der Waals surface area (Å²) < 4.78 is 35.4. The predicted molar refractivity (Wildman–Crippen MR) is 51.3 cm³/mol. The lowest BCUT2D eigenvalue weighted by atomic mass is 10.0. The van der Waals surface area contributed by atoms with Crippen LogP contribution in [0.4, 0.5) is 13.2 Å². The molecule has 0 saturated carbocycles. The maximum atomic E-state index is 11.8.